The monoisotopic (exact) mass is 291 g/mol. The summed E-state index contributed by atoms with van der Waals surface area (Å²) in [6, 6.07) is 7.78. The third-order valence-corrected chi connectivity index (χ3v) is 4.90. The Kier molecular flexibility index (Phi) is 3.52. The van der Waals surface area contributed by atoms with Crippen molar-refractivity contribution in [2.75, 3.05) is 13.7 Å². The van der Waals surface area contributed by atoms with Gasteiger partial charge in [0.25, 0.3) is 0 Å². The van der Waals surface area contributed by atoms with Crippen LogP contribution in [0.5, 0.6) is 0 Å². The Hall–Kier alpha value is -1.42. The van der Waals surface area contributed by atoms with E-state index in [2.05, 4.69) is 5.32 Å². The van der Waals surface area contributed by atoms with E-state index < -0.39 is 5.67 Å². The molecular weight excluding hydrogens is 269 g/mol. The number of rotatable bonds is 2. The molecule has 1 heterocycles. The summed E-state index contributed by atoms with van der Waals surface area (Å²) in [5, 5.41) is 3.51. The van der Waals surface area contributed by atoms with Gasteiger partial charge in [0.05, 0.1) is 12.7 Å². The molecule has 4 heteroatoms. The number of benzene rings is 1. The molecule has 1 aromatic carbocycles. The molecule has 3 rings (SSSR count). The Morgan fingerprint density at radius 1 is 1.33 bits per heavy atom. The highest BCUT2D eigenvalue weighted by Gasteiger charge is 2.53. The Morgan fingerprint density at radius 2 is 2.00 bits per heavy atom. The van der Waals surface area contributed by atoms with Crippen LogP contribution in [0.25, 0.3) is 0 Å². The standard InChI is InChI=1S/C17H22FNO2/c1-16(18)10-17(11-16)7-8-19-14(9-17)12-3-5-13(6-4-12)15(20)21-2/h3-6,14,19H,7-11H2,1-2H3. The minimum Gasteiger partial charge on any atom is -0.465 e. The van der Waals surface area contributed by atoms with E-state index in [4.69, 9.17) is 4.74 Å². The molecule has 1 atom stereocenters. The van der Waals surface area contributed by atoms with E-state index in [1.165, 1.54) is 7.11 Å². The number of methoxy groups -OCH3 is 1. The van der Waals surface area contributed by atoms with Crippen molar-refractivity contribution in [3.8, 4) is 0 Å². The van der Waals surface area contributed by atoms with Gasteiger partial charge in [-0.3, -0.25) is 0 Å². The average molecular weight is 291 g/mol. The maximum atomic E-state index is 13.9. The first-order valence-corrected chi connectivity index (χ1v) is 7.54. The van der Waals surface area contributed by atoms with Gasteiger partial charge in [-0.25, -0.2) is 9.18 Å². The molecule has 0 radical (unpaired) electrons. The van der Waals surface area contributed by atoms with Crippen molar-refractivity contribution in [2.24, 2.45) is 5.41 Å². The van der Waals surface area contributed by atoms with Gasteiger partial charge in [0.15, 0.2) is 0 Å². The molecule has 1 aliphatic carbocycles. The molecule has 2 aliphatic rings. The number of alkyl halides is 1. The first-order valence-electron chi connectivity index (χ1n) is 7.54. The van der Waals surface area contributed by atoms with Gasteiger partial charge < -0.3 is 10.1 Å². The smallest absolute Gasteiger partial charge is 0.337 e. The van der Waals surface area contributed by atoms with Crippen LogP contribution in [0.4, 0.5) is 4.39 Å². The van der Waals surface area contributed by atoms with Crippen LogP contribution in [0.2, 0.25) is 0 Å². The summed E-state index contributed by atoms with van der Waals surface area (Å²) in [7, 11) is 1.38. The number of hydrogen-bond donors (Lipinski definition) is 1. The number of halogens is 1. The minimum absolute atomic E-state index is 0.167. The molecule has 1 aliphatic heterocycles. The first kappa shape index (κ1) is 14.5. The van der Waals surface area contributed by atoms with E-state index in [9.17, 15) is 9.18 Å². The average Bonchev–Trinajstić information content (AvgIpc) is 2.44. The molecule has 1 saturated carbocycles. The number of hydrogen-bond acceptors (Lipinski definition) is 3. The molecule has 114 valence electrons. The van der Waals surface area contributed by atoms with E-state index >= 15 is 0 Å². The summed E-state index contributed by atoms with van der Waals surface area (Å²) >= 11 is 0. The first-order chi connectivity index (χ1) is 9.93. The molecule has 0 aromatic heterocycles. The van der Waals surface area contributed by atoms with E-state index in [-0.39, 0.29) is 17.4 Å². The summed E-state index contributed by atoms with van der Waals surface area (Å²) in [5.74, 6) is -0.318. The Labute approximate surface area is 124 Å². The lowest BCUT2D eigenvalue weighted by Crippen LogP contribution is -2.52. The molecule has 3 nitrogen and oxygen atoms in total. The van der Waals surface area contributed by atoms with Crippen LogP contribution in [0.1, 0.15) is 54.6 Å². The van der Waals surface area contributed by atoms with Gasteiger partial charge in [-0.2, -0.15) is 0 Å². The summed E-state index contributed by atoms with van der Waals surface area (Å²) in [6.45, 7) is 2.64. The third kappa shape index (κ3) is 2.82. The fourth-order valence-electron chi connectivity index (χ4n) is 4.16. The van der Waals surface area contributed by atoms with Crippen molar-refractivity contribution in [1.29, 1.82) is 0 Å². The zero-order chi connectivity index (χ0) is 15.1. The second-order valence-electron chi connectivity index (χ2n) is 6.84. The SMILES string of the molecule is COC(=O)c1ccc(C2CC3(CCN2)CC(C)(F)C3)cc1. The molecule has 1 unspecified atom stereocenters. The van der Waals surface area contributed by atoms with Crippen LogP contribution in [0, 0.1) is 5.41 Å². The second kappa shape index (κ2) is 5.09. The molecule has 1 spiro atoms. The Balaban J connectivity index is 1.71. The second-order valence-corrected chi connectivity index (χ2v) is 6.84. The van der Waals surface area contributed by atoms with E-state index in [1.807, 2.05) is 12.1 Å². The number of nitrogens with one attached hydrogen (secondary N) is 1. The van der Waals surface area contributed by atoms with Crippen LogP contribution in [-0.2, 0) is 4.74 Å². The molecule has 1 aromatic rings. The summed E-state index contributed by atoms with van der Waals surface area (Å²) in [4.78, 5) is 11.5. The number of carbonyl (C=O) groups excluding carboxylic acids is 1. The minimum atomic E-state index is -0.976. The van der Waals surface area contributed by atoms with Crippen molar-refractivity contribution < 1.29 is 13.9 Å². The molecule has 21 heavy (non-hydrogen) atoms. The molecule has 2 fully saturated rings. The quantitative estimate of drug-likeness (QED) is 0.849. The highest BCUT2D eigenvalue weighted by Crippen LogP contribution is 2.58. The van der Waals surface area contributed by atoms with E-state index in [1.54, 1.807) is 19.1 Å². The lowest BCUT2D eigenvalue weighted by Gasteiger charge is -2.54. The lowest BCUT2D eigenvalue weighted by molar-refractivity contribution is -0.0804. The summed E-state index contributed by atoms with van der Waals surface area (Å²) in [5.41, 5.74) is 0.915. The molecule has 0 bridgehead atoms. The predicted octanol–water partition coefficient (Wildman–Crippen LogP) is 3.41. The van der Waals surface area contributed by atoms with Gasteiger partial charge in [-0.1, -0.05) is 12.1 Å². The van der Waals surface area contributed by atoms with Gasteiger partial charge in [-0.15, -0.1) is 0 Å². The largest absolute Gasteiger partial charge is 0.465 e. The number of ether oxygens (including phenoxy) is 1. The van der Waals surface area contributed by atoms with Gasteiger partial charge in [0.2, 0.25) is 0 Å². The van der Waals surface area contributed by atoms with Crippen molar-refractivity contribution >= 4 is 5.97 Å². The summed E-state index contributed by atoms with van der Waals surface area (Å²) in [6.07, 6.45) is 3.39. The zero-order valence-corrected chi connectivity index (χ0v) is 12.6. The predicted molar refractivity (Wildman–Crippen MR) is 78.9 cm³/mol. The van der Waals surface area contributed by atoms with Crippen LogP contribution in [0.15, 0.2) is 24.3 Å². The van der Waals surface area contributed by atoms with Crippen LogP contribution in [0.3, 0.4) is 0 Å². The van der Waals surface area contributed by atoms with Crippen molar-refractivity contribution in [3.63, 3.8) is 0 Å². The highest BCUT2D eigenvalue weighted by molar-refractivity contribution is 5.89. The van der Waals surface area contributed by atoms with Gasteiger partial charge in [0.1, 0.15) is 5.67 Å². The zero-order valence-electron chi connectivity index (χ0n) is 12.6. The van der Waals surface area contributed by atoms with Crippen molar-refractivity contribution in [3.05, 3.63) is 35.4 Å². The van der Waals surface area contributed by atoms with E-state index in [0.29, 0.717) is 18.4 Å². The third-order valence-electron chi connectivity index (χ3n) is 4.90. The fraction of sp³-hybridized carbons (Fsp3) is 0.588. The highest BCUT2D eigenvalue weighted by atomic mass is 19.1. The Bertz CT molecular complexity index is 530. The maximum Gasteiger partial charge on any atom is 0.337 e. The van der Waals surface area contributed by atoms with Crippen molar-refractivity contribution in [1.82, 2.24) is 5.32 Å². The lowest BCUT2D eigenvalue weighted by atomic mass is 9.55. The van der Waals surface area contributed by atoms with Gasteiger partial charge in [0, 0.05) is 6.04 Å². The Morgan fingerprint density at radius 3 is 2.57 bits per heavy atom. The van der Waals surface area contributed by atoms with Gasteiger partial charge >= 0.3 is 5.97 Å². The normalized spacial score (nSPS) is 35.3. The fourth-order valence-corrected chi connectivity index (χ4v) is 4.16. The van der Waals surface area contributed by atoms with Crippen LogP contribution >= 0.6 is 0 Å². The molecule has 1 saturated heterocycles. The van der Waals surface area contributed by atoms with Crippen LogP contribution < -0.4 is 5.32 Å². The maximum absolute atomic E-state index is 13.9. The molecule has 0 amide bonds. The van der Waals surface area contributed by atoms with Crippen LogP contribution in [-0.4, -0.2) is 25.3 Å². The van der Waals surface area contributed by atoms with E-state index in [0.717, 1.165) is 24.9 Å². The molecular formula is C17H22FNO2. The van der Waals surface area contributed by atoms with Gasteiger partial charge in [-0.05, 0) is 62.3 Å². The van der Waals surface area contributed by atoms with Crippen molar-refractivity contribution in [2.45, 2.75) is 44.3 Å². The number of piperidine rings is 1. The molecule has 1 N–H and O–H groups in total. The number of esters is 1. The topological polar surface area (TPSA) is 38.3 Å². The summed E-state index contributed by atoms with van der Waals surface area (Å²) < 4.78 is 18.6. The number of carbonyl (C=O) groups is 1.